The van der Waals surface area contributed by atoms with E-state index in [0.717, 1.165) is 4.90 Å². The van der Waals surface area contributed by atoms with Crippen molar-refractivity contribution in [2.75, 3.05) is 6.54 Å². The van der Waals surface area contributed by atoms with E-state index in [1.54, 1.807) is 35.7 Å². The Balaban J connectivity index is 1.29. The van der Waals surface area contributed by atoms with E-state index in [1.165, 1.54) is 17.5 Å². The summed E-state index contributed by atoms with van der Waals surface area (Å²) in [6.45, 7) is -1.02. The van der Waals surface area contributed by atoms with Gasteiger partial charge in [0.15, 0.2) is 0 Å². The summed E-state index contributed by atoms with van der Waals surface area (Å²) in [5.74, 6) is -12.6. The van der Waals surface area contributed by atoms with E-state index in [0.29, 0.717) is 10.6 Å². The molecule has 1 aliphatic heterocycles. The zero-order valence-corrected chi connectivity index (χ0v) is 21.4. The third kappa shape index (κ3) is 5.68. The highest BCUT2D eigenvalue weighted by Crippen LogP contribution is 2.66. The van der Waals surface area contributed by atoms with E-state index < -0.39 is 78.2 Å². The van der Waals surface area contributed by atoms with Crippen molar-refractivity contribution in [3.63, 3.8) is 0 Å². The van der Waals surface area contributed by atoms with Crippen molar-refractivity contribution in [3.05, 3.63) is 52.5 Å². The summed E-state index contributed by atoms with van der Waals surface area (Å²) in [5, 5.41) is 7.12. The number of hydrogen-bond acceptors (Lipinski definition) is 6. The molecule has 1 aromatic heterocycles. The number of hydrogen-bond donors (Lipinski definition) is 2. The van der Waals surface area contributed by atoms with Gasteiger partial charge in [-0.3, -0.25) is 19.2 Å². The molecule has 2 N–H and O–H groups in total. The Bertz CT molecular complexity index is 1250. The number of amides is 3. The van der Waals surface area contributed by atoms with Crippen LogP contribution in [0, 0.1) is 17.8 Å². The topological polar surface area (TPSA) is 108 Å². The summed E-state index contributed by atoms with van der Waals surface area (Å²) in [6, 6.07) is 5.52. The van der Waals surface area contributed by atoms with Gasteiger partial charge in [-0.1, -0.05) is 30.3 Å². The van der Waals surface area contributed by atoms with Crippen molar-refractivity contribution in [2.24, 2.45) is 17.8 Å². The Hall–Kier alpha value is -3.35. The SMILES string of the molecule is O=C(NCc1nccs1)C(=O)[C@@H](Cc1ccccc1)NC(=O)[C@H]1CC(F)(F)CN1C(=O)C1C[C@@H]2[C@H](C1)C2(F)F. The summed E-state index contributed by atoms with van der Waals surface area (Å²) >= 11 is 1.27. The minimum Gasteiger partial charge on any atom is -0.344 e. The summed E-state index contributed by atoms with van der Waals surface area (Å²) in [6.07, 6.45) is 0.261. The third-order valence-corrected chi connectivity index (χ3v) is 8.45. The molecule has 208 valence electrons. The Morgan fingerprint density at radius 2 is 1.77 bits per heavy atom. The smallest absolute Gasteiger partial charge is 0.289 e. The molecule has 3 fully saturated rings. The summed E-state index contributed by atoms with van der Waals surface area (Å²) in [4.78, 5) is 56.8. The number of ketones is 1. The molecule has 2 heterocycles. The zero-order chi connectivity index (χ0) is 27.9. The fraction of sp³-hybridized carbons (Fsp3) is 0.500. The monoisotopic (exact) mass is 566 g/mol. The van der Waals surface area contributed by atoms with Gasteiger partial charge in [0.2, 0.25) is 17.6 Å². The van der Waals surface area contributed by atoms with E-state index in [4.69, 9.17) is 0 Å². The number of fused-ring (bicyclic) bond motifs is 1. The van der Waals surface area contributed by atoms with Crippen molar-refractivity contribution in [2.45, 2.75) is 56.2 Å². The molecule has 3 amide bonds. The molecular formula is C26H26F4N4O4S. The van der Waals surface area contributed by atoms with E-state index in [-0.39, 0.29) is 25.8 Å². The second-order valence-electron chi connectivity index (χ2n) is 10.3. The van der Waals surface area contributed by atoms with Crippen LogP contribution in [0.3, 0.4) is 0 Å². The van der Waals surface area contributed by atoms with Gasteiger partial charge in [-0.25, -0.2) is 22.5 Å². The highest BCUT2D eigenvalue weighted by Gasteiger charge is 2.72. The van der Waals surface area contributed by atoms with Crippen LogP contribution in [0.2, 0.25) is 0 Å². The second-order valence-corrected chi connectivity index (χ2v) is 11.3. The van der Waals surface area contributed by atoms with E-state index in [9.17, 15) is 36.7 Å². The van der Waals surface area contributed by atoms with Crippen LogP contribution in [-0.2, 0) is 32.1 Å². The number of carbonyl (C=O) groups excluding carboxylic acids is 4. The maximum atomic E-state index is 14.4. The molecule has 1 saturated heterocycles. The fourth-order valence-electron chi connectivity index (χ4n) is 5.60. The van der Waals surface area contributed by atoms with Gasteiger partial charge in [0.1, 0.15) is 17.1 Å². The number of alkyl halides is 4. The highest BCUT2D eigenvalue weighted by atomic mass is 32.1. The number of carbonyl (C=O) groups is 4. The Kier molecular flexibility index (Phi) is 7.21. The lowest BCUT2D eigenvalue weighted by atomic mass is 9.99. The van der Waals surface area contributed by atoms with Crippen LogP contribution in [0.4, 0.5) is 17.6 Å². The molecule has 2 aromatic rings. The number of thiazole rings is 1. The van der Waals surface area contributed by atoms with Crippen LogP contribution in [0.5, 0.6) is 0 Å². The van der Waals surface area contributed by atoms with Crippen molar-refractivity contribution in [3.8, 4) is 0 Å². The minimum atomic E-state index is -3.37. The lowest BCUT2D eigenvalue weighted by molar-refractivity contribution is -0.144. The van der Waals surface area contributed by atoms with E-state index in [1.807, 2.05) is 0 Å². The number of nitrogens with zero attached hydrogens (tertiary/aromatic N) is 2. The Labute approximate surface area is 225 Å². The number of rotatable bonds is 9. The molecule has 1 unspecified atom stereocenters. The highest BCUT2D eigenvalue weighted by molar-refractivity contribution is 7.09. The summed E-state index contributed by atoms with van der Waals surface area (Å²) in [7, 11) is 0. The molecule has 3 aliphatic rings. The lowest BCUT2D eigenvalue weighted by Gasteiger charge is -2.28. The molecule has 8 nitrogen and oxygen atoms in total. The number of nitrogens with one attached hydrogen (secondary N) is 2. The standard InChI is InChI=1S/C26H26F4N4O4S/c27-25(28)11-19(34(13-25)24(38)15-9-16-17(10-15)26(16,29)30)22(36)33-18(8-14-4-2-1-3-5-14)21(35)23(37)32-12-20-31-6-7-39-20/h1-7,15-19H,8-13H2,(H,32,37)(H,33,36)/t15?,16-,17+,18-,19-/m1/s1. The van der Waals surface area contributed by atoms with Gasteiger partial charge in [0.05, 0.1) is 13.1 Å². The molecule has 13 heteroatoms. The maximum Gasteiger partial charge on any atom is 0.289 e. The largest absolute Gasteiger partial charge is 0.344 e. The van der Waals surface area contributed by atoms with Crippen molar-refractivity contribution in [1.29, 1.82) is 0 Å². The molecular weight excluding hydrogens is 540 g/mol. The van der Waals surface area contributed by atoms with Gasteiger partial charge in [0.25, 0.3) is 17.8 Å². The molecule has 2 saturated carbocycles. The molecule has 0 radical (unpaired) electrons. The van der Waals surface area contributed by atoms with E-state index in [2.05, 4.69) is 15.6 Å². The van der Waals surface area contributed by atoms with Crippen LogP contribution >= 0.6 is 11.3 Å². The van der Waals surface area contributed by atoms with E-state index >= 15 is 0 Å². The van der Waals surface area contributed by atoms with Crippen molar-refractivity contribution in [1.82, 2.24) is 20.5 Å². The zero-order valence-electron chi connectivity index (χ0n) is 20.6. The second kappa shape index (κ2) is 10.3. The number of Topliss-reactive ketones (excluding diaryl/α,β-unsaturated/α-hetero) is 1. The average Bonchev–Trinajstić information content (AvgIpc) is 3.47. The molecule has 5 atom stereocenters. The van der Waals surface area contributed by atoms with Crippen molar-refractivity contribution < 1.29 is 36.7 Å². The average molecular weight is 567 g/mol. The first kappa shape index (κ1) is 27.2. The van der Waals surface area contributed by atoms with Gasteiger partial charge in [-0.15, -0.1) is 11.3 Å². The summed E-state index contributed by atoms with van der Waals surface area (Å²) < 4.78 is 56.1. The molecule has 1 aromatic carbocycles. The van der Waals surface area contributed by atoms with Crippen molar-refractivity contribution >= 4 is 34.8 Å². The maximum absolute atomic E-state index is 14.4. The van der Waals surface area contributed by atoms with Gasteiger partial charge in [-0.05, 0) is 18.4 Å². The lowest BCUT2D eigenvalue weighted by Crippen LogP contribution is -2.54. The van der Waals surface area contributed by atoms with Crippen LogP contribution in [0.15, 0.2) is 41.9 Å². The van der Waals surface area contributed by atoms with Crippen LogP contribution in [-0.4, -0.2) is 63.9 Å². The van der Waals surface area contributed by atoms with Gasteiger partial charge in [-0.2, -0.15) is 0 Å². The molecule has 39 heavy (non-hydrogen) atoms. The molecule has 2 aliphatic carbocycles. The van der Waals surface area contributed by atoms with Gasteiger partial charge in [0, 0.05) is 42.2 Å². The predicted octanol–water partition coefficient (Wildman–Crippen LogP) is 2.58. The normalized spacial score (nSPS) is 26.9. The van der Waals surface area contributed by atoms with Gasteiger partial charge < -0.3 is 15.5 Å². The Morgan fingerprint density at radius 3 is 2.41 bits per heavy atom. The minimum absolute atomic E-state index is 0.00616. The number of likely N-dealkylation sites (tertiary alicyclic amines) is 1. The molecule has 5 rings (SSSR count). The summed E-state index contributed by atoms with van der Waals surface area (Å²) in [5.41, 5.74) is 0.611. The number of aromatic nitrogens is 1. The molecule has 0 bridgehead atoms. The first-order chi connectivity index (χ1) is 18.5. The number of benzene rings is 1. The first-order valence-electron chi connectivity index (χ1n) is 12.6. The van der Waals surface area contributed by atoms with Crippen LogP contribution in [0.1, 0.15) is 29.8 Å². The molecule has 0 spiro atoms. The first-order valence-corrected chi connectivity index (χ1v) is 13.4. The van der Waals surface area contributed by atoms with Gasteiger partial charge >= 0.3 is 0 Å². The predicted molar refractivity (Wildman–Crippen MR) is 131 cm³/mol. The Morgan fingerprint density at radius 1 is 1.08 bits per heavy atom. The fourth-order valence-corrected chi connectivity index (χ4v) is 6.16. The van der Waals surface area contributed by atoms with Crippen LogP contribution < -0.4 is 10.6 Å². The van der Waals surface area contributed by atoms with Crippen LogP contribution in [0.25, 0.3) is 0 Å². The quantitative estimate of drug-likeness (QED) is 0.359. The third-order valence-electron chi connectivity index (χ3n) is 7.67. The number of halogens is 4.